The maximum Gasteiger partial charge on any atom is 0.0628 e. The lowest BCUT2D eigenvalue weighted by atomic mass is 9.90. The second-order valence-electron chi connectivity index (χ2n) is 6.72. The lowest BCUT2D eigenvalue weighted by Gasteiger charge is -2.24. The van der Waals surface area contributed by atoms with Gasteiger partial charge in [0.2, 0.25) is 0 Å². The van der Waals surface area contributed by atoms with Crippen LogP contribution in [0, 0.1) is 5.92 Å². The van der Waals surface area contributed by atoms with Gasteiger partial charge in [-0.2, -0.15) is 5.10 Å². The molecule has 0 radical (unpaired) electrons. The number of aromatic nitrogens is 2. The summed E-state index contributed by atoms with van der Waals surface area (Å²) in [4.78, 5) is 0. The van der Waals surface area contributed by atoms with Crippen LogP contribution >= 0.6 is 0 Å². The number of hydrogen-bond acceptors (Lipinski definition) is 2. The van der Waals surface area contributed by atoms with E-state index in [1.807, 2.05) is 0 Å². The average molecular weight is 275 g/mol. The van der Waals surface area contributed by atoms with Gasteiger partial charge in [-0.3, -0.25) is 4.68 Å². The highest BCUT2D eigenvalue weighted by molar-refractivity contribution is 5.03. The van der Waals surface area contributed by atoms with Gasteiger partial charge in [-0.05, 0) is 51.1 Å². The monoisotopic (exact) mass is 275 g/mol. The molecule has 0 spiro atoms. The maximum atomic E-state index is 4.87. The van der Waals surface area contributed by atoms with Gasteiger partial charge in [0.25, 0.3) is 0 Å². The zero-order valence-electron chi connectivity index (χ0n) is 12.9. The van der Waals surface area contributed by atoms with E-state index < -0.39 is 0 Å². The second kappa shape index (κ2) is 6.75. The molecule has 1 N–H and O–H groups in total. The minimum atomic E-state index is 0.679. The Bertz CT molecular complexity index is 406. The first-order valence-corrected chi connectivity index (χ1v) is 8.58. The van der Waals surface area contributed by atoms with E-state index in [0.29, 0.717) is 12.1 Å². The predicted molar refractivity (Wildman–Crippen MR) is 82.9 cm³/mol. The van der Waals surface area contributed by atoms with Crippen LogP contribution in [0.5, 0.6) is 0 Å². The first kappa shape index (κ1) is 14.1. The molecule has 1 aromatic rings. The van der Waals surface area contributed by atoms with Gasteiger partial charge in [-0.1, -0.05) is 32.1 Å². The van der Waals surface area contributed by atoms with Crippen molar-refractivity contribution in [3.8, 4) is 0 Å². The highest BCUT2D eigenvalue weighted by atomic mass is 15.3. The van der Waals surface area contributed by atoms with Crippen molar-refractivity contribution < 1.29 is 0 Å². The Labute approximate surface area is 123 Å². The molecule has 2 unspecified atom stereocenters. The Hall–Kier alpha value is -0.830. The third-order valence-electron chi connectivity index (χ3n) is 5.36. The Morgan fingerprint density at radius 1 is 1.10 bits per heavy atom. The summed E-state index contributed by atoms with van der Waals surface area (Å²) in [5.41, 5.74) is 1.31. The smallest absolute Gasteiger partial charge is 0.0628 e. The molecule has 112 valence electrons. The molecular formula is C17H29N3. The molecule has 2 saturated carbocycles. The molecule has 3 rings (SSSR count). The lowest BCUT2D eigenvalue weighted by Crippen LogP contribution is -2.34. The topological polar surface area (TPSA) is 29.9 Å². The van der Waals surface area contributed by atoms with Gasteiger partial charge in [0.1, 0.15) is 0 Å². The lowest BCUT2D eigenvalue weighted by molar-refractivity contribution is 0.345. The van der Waals surface area contributed by atoms with Crippen molar-refractivity contribution in [2.75, 3.05) is 7.05 Å². The van der Waals surface area contributed by atoms with Crippen molar-refractivity contribution in [3.63, 3.8) is 0 Å². The van der Waals surface area contributed by atoms with Crippen LogP contribution in [0.15, 0.2) is 12.3 Å². The van der Waals surface area contributed by atoms with Gasteiger partial charge in [0, 0.05) is 12.2 Å². The van der Waals surface area contributed by atoms with E-state index in [4.69, 9.17) is 5.10 Å². The highest BCUT2D eigenvalue weighted by Crippen LogP contribution is 2.30. The first-order valence-electron chi connectivity index (χ1n) is 8.58. The summed E-state index contributed by atoms with van der Waals surface area (Å²) in [6.45, 7) is 0. The van der Waals surface area contributed by atoms with E-state index in [0.717, 1.165) is 12.3 Å². The quantitative estimate of drug-likeness (QED) is 0.849. The molecule has 0 aliphatic heterocycles. The van der Waals surface area contributed by atoms with E-state index in [2.05, 4.69) is 29.3 Å². The van der Waals surface area contributed by atoms with E-state index in [1.165, 1.54) is 63.5 Å². The number of nitrogens with zero attached hydrogens (tertiary/aromatic N) is 2. The van der Waals surface area contributed by atoms with Crippen LogP contribution in [-0.2, 0) is 6.42 Å². The van der Waals surface area contributed by atoms with Crippen molar-refractivity contribution in [1.82, 2.24) is 15.1 Å². The van der Waals surface area contributed by atoms with Gasteiger partial charge in [0.15, 0.2) is 0 Å². The van der Waals surface area contributed by atoms with E-state index in [1.54, 1.807) is 0 Å². The minimum Gasteiger partial charge on any atom is -0.317 e. The van der Waals surface area contributed by atoms with Gasteiger partial charge >= 0.3 is 0 Å². The van der Waals surface area contributed by atoms with Gasteiger partial charge < -0.3 is 5.32 Å². The van der Waals surface area contributed by atoms with Gasteiger partial charge in [0.05, 0.1) is 11.7 Å². The van der Waals surface area contributed by atoms with Crippen molar-refractivity contribution in [2.45, 2.75) is 76.3 Å². The molecule has 0 aromatic carbocycles. The number of rotatable bonds is 4. The average Bonchev–Trinajstić information content (AvgIpc) is 3.08. The Kier molecular flexibility index (Phi) is 4.77. The Morgan fingerprint density at radius 3 is 2.65 bits per heavy atom. The highest BCUT2D eigenvalue weighted by Gasteiger charge is 2.24. The van der Waals surface area contributed by atoms with Crippen LogP contribution in [0.3, 0.4) is 0 Å². The van der Waals surface area contributed by atoms with Crippen molar-refractivity contribution >= 4 is 0 Å². The molecule has 2 aliphatic carbocycles. The first-order chi connectivity index (χ1) is 9.86. The minimum absolute atomic E-state index is 0.679. The molecule has 3 nitrogen and oxygen atoms in total. The summed E-state index contributed by atoms with van der Waals surface area (Å²) in [6.07, 6.45) is 15.7. The molecule has 1 heterocycles. The Morgan fingerprint density at radius 2 is 1.85 bits per heavy atom. The molecule has 3 heteroatoms. The number of nitrogens with one attached hydrogen (secondary N) is 1. The summed E-state index contributed by atoms with van der Waals surface area (Å²) < 4.78 is 2.24. The summed E-state index contributed by atoms with van der Waals surface area (Å²) >= 11 is 0. The van der Waals surface area contributed by atoms with Crippen molar-refractivity contribution in [2.24, 2.45) is 5.92 Å². The zero-order chi connectivity index (χ0) is 13.8. The second-order valence-corrected chi connectivity index (χ2v) is 6.72. The molecule has 2 aliphatic rings. The van der Waals surface area contributed by atoms with Crippen LogP contribution in [0.25, 0.3) is 0 Å². The normalized spacial score (nSPS) is 28.6. The summed E-state index contributed by atoms with van der Waals surface area (Å²) in [5, 5.41) is 8.42. The van der Waals surface area contributed by atoms with Crippen LogP contribution in [0.4, 0.5) is 0 Å². The van der Waals surface area contributed by atoms with Crippen LogP contribution < -0.4 is 5.32 Å². The largest absolute Gasteiger partial charge is 0.317 e. The summed E-state index contributed by atoms with van der Waals surface area (Å²) in [7, 11) is 2.13. The van der Waals surface area contributed by atoms with Crippen molar-refractivity contribution in [3.05, 3.63) is 18.0 Å². The molecule has 20 heavy (non-hydrogen) atoms. The third kappa shape index (κ3) is 3.25. The van der Waals surface area contributed by atoms with E-state index >= 15 is 0 Å². The van der Waals surface area contributed by atoms with Crippen LogP contribution in [0.2, 0.25) is 0 Å². The predicted octanol–water partition coefficient (Wildman–Crippen LogP) is 3.71. The molecule has 0 bridgehead atoms. The molecule has 0 amide bonds. The maximum absolute atomic E-state index is 4.87. The molecule has 0 saturated heterocycles. The fourth-order valence-corrected chi connectivity index (χ4v) is 4.14. The van der Waals surface area contributed by atoms with Gasteiger partial charge in [-0.15, -0.1) is 0 Å². The Balaban J connectivity index is 1.63. The summed E-state index contributed by atoms with van der Waals surface area (Å²) in [5.74, 6) is 0.773. The number of hydrogen-bond donors (Lipinski definition) is 1. The zero-order valence-corrected chi connectivity index (χ0v) is 12.9. The fourth-order valence-electron chi connectivity index (χ4n) is 4.14. The van der Waals surface area contributed by atoms with Crippen LogP contribution in [-0.4, -0.2) is 22.9 Å². The fraction of sp³-hybridized carbons (Fsp3) is 0.824. The molecular weight excluding hydrogens is 246 g/mol. The van der Waals surface area contributed by atoms with Crippen LogP contribution in [0.1, 0.15) is 69.5 Å². The van der Waals surface area contributed by atoms with Crippen molar-refractivity contribution in [1.29, 1.82) is 0 Å². The standard InChI is InChI=1S/C17H29N3/c1-18-17-10-4-2-3-7-14(17)13-15-11-12-20(19-15)16-8-5-6-9-16/h11-12,14,16-18H,2-10,13H2,1H3. The van der Waals surface area contributed by atoms with E-state index in [9.17, 15) is 0 Å². The molecule has 2 fully saturated rings. The van der Waals surface area contributed by atoms with E-state index in [-0.39, 0.29) is 0 Å². The third-order valence-corrected chi connectivity index (χ3v) is 5.36. The van der Waals surface area contributed by atoms with Gasteiger partial charge in [-0.25, -0.2) is 0 Å². The molecule has 1 aromatic heterocycles. The summed E-state index contributed by atoms with van der Waals surface area (Å²) in [6, 6.07) is 3.63. The SMILES string of the molecule is CNC1CCCCCC1Cc1ccn(C2CCCC2)n1. The molecule has 2 atom stereocenters.